The predicted octanol–water partition coefficient (Wildman–Crippen LogP) is 3.32. The summed E-state index contributed by atoms with van der Waals surface area (Å²) in [6.45, 7) is 1.49. The largest absolute Gasteiger partial charge is 0.391 e. The third-order valence-corrected chi connectivity index (χ3v) is 3.27. The zero-order valence-corrected chi connectivity index (χ0v) is 13.0. The van der Waals surface area contributed by atoms with Crippen LogP contribution in [0.1, 0.15) is 11.1 Å². The number of nitrogens with one attached hydrogen (secondary N) is 1. The first-order chi connectivity index (χ1) is 11.9. The molecule has 2 aromatic rings. The van der Waals surface area contributed by atoms with Crippen molar-refractivity contribution in [1.29, 1.82) is 0 Å². The van der Waals surface area contributed by atoms with Crippen molar-refractivity contribution in [3.8, 4) is 0 Å². The molecule has 0 heterocycles. The van der Waals surface area contributed by atoms with Crippen molar-refractivity contribution in [2.75, 3.05) is 5.32 Å². The Labute approximate surface area is 141 Å². The Balaban J connectivity index is 1.92. The van der Waals surface area contributed by atoms with Gasteiger partial charge in [-0.15, -0.1) is 0 Å². The summed E-state index contributed by atoms with van der Waals surface area (Å²) in [6.07, 6.45) is 0.773. The molecule has 0 spiro atoms. The number of oxime groups is 1. The molecule has 0 saturated heterocycles. The number of carbonyl (C=O) groups excluding carboxylic acids is 1. The molecule has 2 aromatic carbocycles. The molecule has 130 valence electrons. The molecule has 0 bridgehead atoms. The Morgan fingerprint density at radius 1 is 1.36 bits per heavy atom. The van der Waals surface area contributed by atoms with Crippen LogP contribution in [0.5, 0.6) is 0 Å². The fourth-order valence-electron chi connectivity index (χ4n) is 1.97. The predicted molar refractivity (Wildman–Crippen MR) is 86.1 cm³/mol. The summed E-state index contributed by atoms with van der Waals surface area (Å²) in [5.74, 6) is -2.46. The summed E-state index contributed by atoms with van der Waals surface area (Å²) in [5.41, 5.74) is 0.721. The quantitative estimate of drug-likeness (QED) is 0.492. The van der Waals surface area contributed by atoms with Gasteiger partial charge in [0.15, 0.2) is 0 Å². The van der Waals surface area contributed by atoms with Crippen LogP contribution in [0.2, 0.25) is 0 Å². The van der Waals surface area contributed by atoms with Gasteiger partial charge < -0.3 is 10.2 Å². The fourth-order valence-corrected chi connectivity index (χ4v) is 1.97. The first-order valence-electron chi connectivity index (χ1n) is 7.02. The van der Waals surface area contributed by atoms with Crippen LogP contribution in [0.15, 0.2) is 41.6 Å². The van der Waals surface area contributed by atoms with E-state index in [9.17, 15) is 23.7 Å². The molecule has 0 unspecified atom stereocenters. The third kappa shape index (κ3) is 4.80. The third-order valence-electron chi connectivity index (χ3n) is 3.27. The number of amides is 1. The lowest BCUT2D eigenvalue weighted by molar-refractivity contribution is -0.385. The molecule has 9 heteroatoms. The van der Waals surface area contributed by atoms with Gasteiger partial charge in [-0.1, -0.05) is 17.3 Å². The molecule has 0 aliphatic carbocycles. The number of rotatable bonds is 6. The van der Waals surface area contributed by atoms with Gasteiger partial charge in [0.25, 0.3) is 11.6 Å². The highest BCUT2D eigenvalue weighted by Crippen LogP contribution is 2.21. The van der Waals surface area contributed by atoms with E-state index in [2.05, 4.69) is 10.5 Å². The van der Waals surface area contributed by atoms with Gasteiger partial charge in [0.2, 0.25) is 0 Å². The van der Waals surface area contributed by atoms with Gasteiger partial charge in [0.05, 0.1) is 10.6 Å². The Morgan fingerprint density at radius 3 is 2.80 bits per heavy atom. The number of hydrogen-bond donors (Lipinski definition) is 1. The number of nitrogens with zero attached hydrogens (tertiary/aromatic N) is 2. The molecule has 0 aromatic heterocycles. The summed E-state index contributed by atoms with van der Waals surface area (Å²) >= 11 is 0. The maximum atomic E-state index is 13.4. The topological polar surface area (TPSA) is 93.8 Å². The normalized spacial score (nSPS) is 10.7. The molecule has 2 rings (SSSR count). The minimum Gasteiger partial charge on any atom is -0.391 e. The van der Waals surface area contributed by atoms with Gasteiger partial charge in [-0.05, 0) is 19.1 Å². The molecular weight excluding hydrogens is 336 g/mol. The number of nitro groups is 1. The molecule has 1 N–H and O–H groups in total. The van der Waals surface area contributed by atoms with E-state index in [1.807, 2.05) is 0 Å². The number of halogens is 2. The van der Waals surface area contributed by atoms with E-state index in [1.54, 1.807) is 13.0 Å². The Morgan fingerprint density at radius 2 is 2.12 bits per heavy atom. The van der Waals surface area contributed by atoms with Crippen LogP contribution in [0.25, 0.3) is 0 Å². The summed E-state index contributed by atoms with van der Waals surface area (Å²) in [7, 11) is 0. The SMILES string of the molecule is Cc1c(CON=CC(=O)Nc2ccc(F)cc2F)cccc1[N+](=O)[O-]. The number of anilines is 1. The molecule has 7 nitrogen and oxygen atoms in total. The van der Waals surface area contributed by atoms with Gasteiger partial charge in [0.1, 0.15) is 24.5 Å². The Kier molecular flexibility index (Phi) is 5.72. The number of hydrogen-bond acceptors (Lipinski definition) is 5. The zero-order valence-electron chi connectivity index (χ0n) is 13.0. The van der Waals surface area contributed by atoms with Crippen molar-refractivity contribution in [2.45, 2.75) is 13.5 Å². The summed E-state index contributed by atoms with van der Waals surface area (Å²) < 4.78 is 26.1. The van der Waals surface area contributed by atoms with Gasteiger partial charge in [-0.25, -0.2) is 8.78 Å². The van der Waals surface area contributed by atoms with E-state index >= 15 is 0 Å². The highest BCUT2D eigenvalue weighted by Gasteiger charge is 2.13. The van der Waals surface area contributed by atoms with Crippen molar-refractivity contribution in [3.05, 3.63) is 69.3 Å². The average molecular weight is 349 g/mol. The van der Waals surface area contributed by atoms with Crippen molar-refractivity contribution < 1.29 is 23.3 Å². The van der Waals surface area contributed by atoms with E-state index in [0.29, 0.717) is 17.2 Å². The Hall–Kier alpha value is -3.36. The number of benzene rings is 2. The van der Waals surface area contributed by atoms with Gasteiger partial charge >= 0.3 is 0 Å². The molecule has 0 fully saturated rings. The van der Waals surface area contributed by atoms with Crippen LogP contribution in [0.4, 0.5) is 20.2 Å². The second kappa shape index (κ2) is 7.95. The number of carbonyl (C=O) groups is 1. The van der Waals surface area contributed by atoms with Crippen molar-refractivity contribution >= 4 is 23.5 Å². The maximum Gasteiger partial charge on any atom is 0.272 e. The van der Waals surface area contributed by atoms with E-state index in [0.717, 1.165) is 18.3 Å². The van der Waals surface area contributed by atoms with Crippen LogP contribution in [-0.2, 0) is 16.2 Å². The first-order valence-corrected chi connectivity index (χ1v) is 7.02. The minimum atomic E-state index is -0.921. The second-order valence-electron chi connectivity index (χ2n) is 4.94. The molecule has 1 amide bonds. The van der Waals surface area contributed by atoms with E-state index in [1.165, 1.54) is 12.1 Å². The van der Waals surface area contributed by atoms with Gasteiger partial charge in [0, 0.05) is 23.3 Å². The molecule has 0 atom stereocenters. The van der Waals surface area contributed by atoms with Crippen molar-refractivity contribution in [1.82, 2.24) is 0 Å². The maximum absolute atomic E-state index is 13.4. The smallest absolute Gasteiger partial charge is 0.272 e. The summed E-state index contributed by atoms with van der Waals surface area (Å²) in [5, 5.41) is 16.4. The molecular formula is C16H13F2N3O4. The monoisotopic (exact) mass is 349 g/mol. The molecule has 0 aliphatic rings. The van der Waals surface area contributed by atoms with Crippen LogP contribution in [0.3, 0.4) is 0 Å². The van der Waals surface area contributed by atoms with E-state index in [-0.39, 0.29) is 18.0 Å². The highest BCUT2D eigenvalue weighted by molar-refractivity contribution is 6.31. The van der Waals surface area contributed by atoms with E-state index < -0.39 is 22.5 Å². The molecule has 0 radical (unpaired) electrons. The van der Waals surface area contributed by atoms with Crippen LogP contribution >= 0.6 is 0 Å². The van der Waals surface area contributed by atoms with Crippen LogP contribution in [0, 0.1) is 28.7 Å². The molecule has 0 saturated carbocycles. The van der Waals surface area contributed by atoms with Crippen molar-refractivity contribution in [2.24, 2.45) is 5.16 Å². The lowest BCUT2D eigenvalue weighted by Crippen LogP contribution is -2.14. The summed E-state index contributed by atoms with van der Waals surface area (Å²) in [6, 6.07) is 7.21. The Bertz CT molecular complexity index is 840. The lowest BCUT2D eigenvalue weighted by Gasteiger charge is -2.05. The minimum absolute atomic E-state index is 0.0467. The van der Waals surface area contributed by atoms with Crippen molar-refractivity contribution in [3.63, 3.8) is 0 Å². The van der Waals surface area contributed by atoms with E-state index in [4.69, 9.17) is 4.84 Å². The fraction of sp³-hybridized carbons (Fsp3) is 0.125. The number of nitro benzene ring substituents is 1. The van der Waals surface area contributed by atoms with Gasteiger partial charge in [-0.2, -0.15) is 0 Å². The highest BCUT2D eigenvalue weighted by atomic mass is 19.1. The summed E-state index contributed by atoms with van der Waals surface area (Å²) in [4.78, 5) is 26.8. The standard InChI is InChI=1S/C16H13F2N3O4/c1-10-11(3-2-4-15(10)21(23)24)9-25-19-8-16(22)20-14-6-5-12(17)7-13(14)18/h2-8H,9H2,1H3,(H,20,22). The van der Waals surface area contributed by atoms with Crippen LogP contribution < -0.4 is 5.32 Å². The zero-order chi connectivity index (χ0) is 18.4. The van der Waals surface area contributed by atoms with Gasteiger partial charge in [-0.3, -0.25) is 14.9 Å². The van der Waals surface area contributed by atoms with Crippen LogP contribution in [-0.4, -0.2) is 17.0 Å². The molecule has 25 heavy (non-hydrogen) atoms. The second-order valence-corrected chi connectivity index (χ2v) is 4.94. The first kappa shape index (κ1) is 18.0. The lowest BCUT2D eigenvalue weighted by atomic mass is 10.1. The average Bonchev–Trinajstić information content (AvgIpc) is 2.55. The molecule has 0 aliphatic heterocycles.